The molecule has 32 heavy (non-hydrogen) atoms. The molecule has 0 aliphatic heterocycles. The van der Waals surface area contributed by atoms with Crippen molar-refractivity contribution in [3.8, 4) is 0 Å². The number of amides is 2. The van der Waals surface area contributed by atoms with E-state index in [0.717, 1.165) is 37.2 Å². The van der Waals surface area contributed by atoms with Crippen LogP contribution in [0.4, 0.5) is 0 Å². The predicted molar refractivity (Wildman–Crippen MR) is 135 cm³/mol. The van der Waals surface area contributed by atoms with Crippen molar-refractivity contribution in [1.29, 1.82) is 0 Å². The van der Waals surface area contributed by atoms with E-state index in [1.807, 2.05) is 29.5 Å². The van der Waals surface area contributed by atoms with E-state index in [0.29, 0.717) is 6.54 Å². The van der Waals surface area contributed by atoms with Crippen molar-refractivity contribution in [3.05, 3.63) is 58.3 Å². The molecule has 2 aromatic rings. The van der Waals surface area contributed by atoms with E-state index in [9.17, 15) is 9.59 Å². The molecule has 0 unspecified atom stereocenters. The number of rotatable bonds is 11. The van der Waals surface area contributed by atoms with Gasteiger partial charge in [0.15, 0.2) is 0 Å². The van der Waals surface area contributed by atoms with Gasteiger partial charge >= 0.3 is 0 Å². The Balaban J connectivity index is 1.29. The lowest BCUT2D eigenvalue weighted by atomic mass is 9.77. The van der Waals surface area contributed by atoms with Crippen molar-refractivity contribution in [2.24, 2.45) is 0 Å². The summed E-state index contributed by atoms with van der Waals surface area (Å²) in [5.74, 6) is 1.75. The van der Waals surface area contributed by atoms with Crippen LogP contribution in [0.15, 0.2) is 47.8 Å². The Morgan fingerprint density at radius 3 is 2.44 bits per heavy atom. The summed E-state index contributed by atoms with van der Waals surface area (Å²) in [5.41, 5.74) is 1.37. The maximum absolute atomic E-state index is 12.4. The molecule has 1 aromatic carbocycles. The average molecular weight is 474 g/mol. The normalized spacial score (nSPS) is 20.8. The van der Waals surface area contributed by atoms with Crippen LogP contribution in [0.5, 0.6) is 0 Å². The Morgan fingerprint density at radius 1 is 1.06 bits per heavy atom. The summed E-state index contributed by atoms with van der Waals surface area (Å²) in [5, 5.41) is 8.22. The molecule has 1 heterocycles. The molecule has 5 nitrogen and oxygen atoms in total. The molecule has 0 atom stereocenters. The number of carbonyl (C=O) groups is 2. The maximum Gasteiger partial charge on any atom is 0.220 e. The van der Waals surface area contributed by atoms with Crippen LogP contribution < -0.4 is 10.6 Å². The van der Waals surface area contributed by atoms with E-state index in [1.54, 1.807) is 11.8 Å². The fourth-order valence-electron chi connectivity index (χ4n) is 4.34. The highest BCUT2D eigenvalue weighted by atomic mass is 32.2. The summed E-state index contributed by atoms with van der Waals surface area (Å²) >= 11 is 3.62. The summed E-state index contributed by atoms with van der Waals surface area (Å²) in [6.07, 6.45) is 4.50. The van der Waals surface area contributed by atoms with Crippen molar-refractivity contribution in [2.75, 3.05) is 26.4 Å². The van der Waals surface area contributed by atoms with Crippen LogP contribution in [0.3, 0.4) is 0 Å². The SMILES string of the molecule is CN(C)C1(c2cccs2)CCC(NC(=O)CCC(=O)NCCSCc2ccccc2)CC1. The second kappa shape index (κ2) is 12.4. The van der Waals surface area contributed by atoms with Crippen LogP contribution in [-0.2, 0) is 20.9 Å². The smallest absolute Gasteiger partial charge is 0.220 e. The fourth-order valence-corrected chi connectivity index (χ4v) is 6.23. The fraction of sp³-hybridized carbons (Fsp3) is 0.520. The third kappa shape index (κ3) is 7.09. The largest absolute Gasteiger partial charge is 0.355 e. The van der Waals surface area contributed by atoms with Gasteiger partial charge in [0, 0.05) is 41.8 Å². The van der Waals surface area contributed by atoms with E-state index in [-0.39, 0.29) is 36.2 Å². The highest BCUT2D eigenvalue weighted by molar-refractivity contribution is 7.98. The number of benzene rings is 1. The van der Waals surface area contributed by atoms with E-state index in [1.165, 1.54) is 10.4 Å². The Kier molecular flexibility index (Phi) is 9.63. The van der Waals surface area contributed by atoms with Crippen molar-refractivity contribution in [2.45, 2.75) is 55.9 Å². The molecule has 1 fully saturated rings. The van der Waals surface area contributed by atoms with Crippen LogP contribution in [0, 0.1) is 0 Å². The Labute approximate surface area is 200 Å². The molecule has 7 heteroatoms. The minimum atomic E-state index is -0.0478. The molecule has 0 radical (unpaired) electrons. The zero-order chi connectivity index (χ0) is 22.8. The minimum absolute atomic E-state index is 0.0166. The van der Waals surface area contributed by atoms with Gasteiger partial charge in [0.1, 0.15) is 0 Å². The number of nitrogens with zero attached hydrogens (tertiary/aromatic N) is 1. The lowest BCUT2D eigenvalue weighted by molar-refractivity contribution is -0.127. The first kappa shape index (κ1) is 24.8. The van der Waals surface area contributed by atoms with E-state index in [2.05, 4.69) is 59.3 Å². The minimum Gasteiger partial charge on any atom is -0.355 e. The quantitative estimate of drug-likeness (QED) is 0.475. The number of hydrogen-bond acceptors (Lipinski definition) is 5. The Morgan fingerprint density at radius 2 is 1.78 bits per heavy atom. The summed E-state index contributed by atoms with van der Waals surface area (Å²) in [6.45, 7) is 0.635. The molecular weight excluding hydrogens is 438 g/mol. The van der Waals surface area contributed by atoms with Crippen LogP contribution in [0.1, 0.15) is 49.0 Å². The zero-order valence-corrected chi connectivity index (χ0v) is 20.8. The molecule has 2 amide bonds. The van der Waals surface area contributed by atoms with Crippen LogP contribution in [0.25, 0.3) is 0 Å². The van der Waals surface area contributed by atoms with Gasteiger partial charge in [-0.1, -0.05) is 36.4 Å². The van der Waals surface area contributed by atoms with E-state index < -0.39 is 0 Å². The molecule has 0 bridgehead atoms. The van der Waals surface area contributed by atoms with Gasteiger partial charge in [-0.05, 0) is 56.8 Å². The van der Waals surface area contributed by atoms with Gasteiger partial charge in [-0.15, -0.1) is 11.3 Å². The first-order valence-electron chi connectivity index (χ1n) is 11.4. The third-order valence-electron chi connectivity index (χ3n) is 6.27. The van der Waals surface area contributed by atoms with Crippen molar-refractivity contribution in [3.63, 3.8) is 0 Å². The average Bonchev–Trinajstić information content (AvgIpc) is 3.34. The molecule has 174 valence electrons. The molecule has 1 aromatic heterocycles. The Bertz CT molecular complexity index is 832. The van der Waals surface area contributed by atoms with Gasteiger partial charge in [0.2, 0.25) is 11.8 Å². The lowest BCUT2D eigenvalue weighted by Crippen LogP contribution is -2.48. The van der Waals surface area contributed by atoms with Gasteiger partial charge in [0.05, 0.1) is 5.54 Å². The third-order valence-corrected chi connectivity index (χ3v) is 8.37. The first-order chi connectivity index (χ1) is 15.5. The first-order valence-corrected chi connectivity index (χ1v) is 13.4. The summed E-state index contributed by atoms with van der Waals surface area (Å²) < 4.78 is 0. The summed E-state index contributed by atoms with van der Waals surface area (Å²) in [7, 11) is 4.30. The molecule has 0 spiro atoms. The van der Waals surface area contributed by atoms with Gasteiger partial charge < -0.3 is 10.6 Å². The number of thiophene rings is 1. The van der Waals surface area contributed by atoms with Crippen LogP contribution >= 0.6 is 23.1 Å². The second-order valence-electron chi connectivity index (χ2n) is 8.63. The molecule has 3 rings (SSSR count). The molecule has 1 aliphatic rings. The topological polar surface area (TPSA) is 61.4 Å². The van der Waals surface area contributed by atoms with Gasteiger partial charge in [-0.25, -0.2) is 0 Å². The number of carbonyl (C=O) groups excluding carboxylic acids is 2. The highest BCUT2D eigenvalue weighted by Crippen LogP contribution is 2.42. The van der Waals surface area contributed by atoms with Crippen LogP contribution in [0.2, 0.25) is 0 Å². The van der Waals surface area contributed by atoms with E-state index >= 15 is 0 Å². The van der Waals surface area contributed by atoms with Crippen molar-refractivity contribution >= 4 is 34.9 Å². The molecule has 2 N–H and O–H groups in total. The van der Waals surface area contributed by atoms with Crippen LogP contribution in [-0.4, -0.2) is 49.1 Å². The van der Waals surface area contributed by atoms with Crippen molar-refractivity contribution < 1.29 is 9.59 Å². The lowest BCUT2D eigenvalue weighted by Gasteiger charge is -2.44. The monoisotopic (exact) mass is 473 g/mol. The number of thioether (sulfide) groups is 1. The van der Waals surface area contributed by atoms with Gasteiger partial charge in [0.25, 0.3) is 0 Å². The van der Waals surface area contributed by atoms with Crippen molar-refractivity contribution in [1.82, 2.24) is 15.5 Å². The summed E-state index contributed by atoms with van der Waals surface area (Å²) in [4.78, 5) is 28.2. The molecule has 0 saturated heterocycles. The van der Waals surface area contributed by atoms with Gasteiger partial charge in [-0.2, -0.15) is 11.8 Å². The highest BCUT2D eigenvalue weighted by Gasteiger charge is 2.39. The molecule has 1 saturated carbocycles. The number of nitrogens with one attached hydrogen (secondary N) is 2. The summed E-state index contributed by atoms with van der Waals surface area (Å²) in [6, 6.07) is 14.9. The maximum atomic E-state index is 12.4. The molecule has 1 aliphatic carbocycles. The van der Waals surface area contributed by atoms with Gasteiger partial charge in [-0.3, -0.25) is 14.5 Å². The standard InChI is InChI=1S/C25H35N3O2S2/c1-28(2)25(22-9-6-17-32-22)14-12-21(13-15-25)27-24(30)11-10-23(29)26-16-18-31-19-20-7-4-3-5-8-20/h3-9,17,21H,10-16,18-19H2,1-2H3,(H,26,29)(H,27,30). The predicted octanol–water partition coefficient (Wildman–Crippen LogP) is 4.39. The molecular formula is C25H35N3O2S2. The zero-order valence-electron chi connectivity index (χ0n) is 19.1. The Hall–Kier alpha value is -1.83. The number of hydrogen-bond donors (Lipinski definition) is 2. The second-order valence-corrected chi connectivity index (χ2v) is 10.7. The van der Waals surface area contributed by atoms with E-state index in [4.69, 9.17) is 0 Å².